The van der Waals surface area contributed by atoms with E-state index in [1.165, 1.54) is 12.4 Å². The molecule has 10 heteroatoms. The van der Waals surface area contributed by atoms with E-state index < -0.39 is 16.3 Å². The summed E-state index contributed by atoms with van der Waals surface area (Å²) in [6.45, 7) is 0.498. The molecule has 0 aliphatic rings. The summed E-state index contributed by atoms with van der Waals surface area (Å²) in [4.78, 5) is 11.8. The molecule has 0 radical (unpaired) electrons. The second-order valence-corrected chi connectivity index (χ2v) is 9.77. The molecule has 168 valence electrons. The Balaban J connectivity index is 1.53. The van der Waals surface area contributed by atoms with Gasteiger partial charge in [-0.3, -0.25) is 4.68 Å². The number of rotatable bonds is 9. The van der Waals surface area contributed by atoms with E-state index in [1.54, 1.807) is 35.3 Å². The minimum atomic E-state index is -3.38. The molecule has 4 aromatic rings. The van der Waals surface area contributed by atoms with E-state index >= 15 is 0 Å². The fraction of sp³-hybridized carbons (Fsp3) is 0.318. The van der Waals surface area contributed by atoms with Crippen molar-refractivity contribution in [2.75, 3.05) is 6.26 Å². The maximum Gasteiger partial charge on any atom is 0.238 e. The summed E-state index contributed by atoms with van der Waals surface area (Å²) in [5.74, 6) is -0.214. The monoisotopic (exact) mass is 459 g/mol. The zero-order chi connectivity index (χ0) is 22.7. The highest BCUT2D eigenvalue weighted by Crippen LogP contribution is 2.29. The number of fused-ring (bicyclic) bond motifs is 1. The van der Waals surface area contributed by atoms with Crippen LogP contribution in [0.3, 0.4) is 0 Å². The van der Waals surface area contributed by atoms with Gasteiger partial charge >= 0.3 is 0 Å². The summed E-state index contributed by atoms with van der Waals surface area (Å²) >= 11 is 0. The normalized spacial score (nSPS) is 13.1. The lowest BCUT2D eigenvalue weighted by Gasteiger charge is -2.18. The number of alkyl halides is 2. The first kappa shape index (κ1) is 22.1. The van der Waals surface area contributed by atoms with Crippen molar-refractivity contribution in [3.8, 4) is 11.3 Å². The van der Waals surface area contributed by atoms with E-state index in [2.05, 4.69) is 20.1 Å². The van der Waals surface area contributed by atoms with Gasteiger partial charge in [0, 0.05) is 42.6 Å². The Morgan fingerprint density at radius 2 is 1.97 bits per heavy atom. The van der Waals surface area contributed by atoms with Crippen molar-refractivity contribution < 1.29 is 17.2 Å². The van der Waals surface area contributed by atoms with Gasteiger partial charge in [-0.25, -0.2) is 27.2 Å². The van der Waals surface area contributed by atoms with Gasteiger partial charge in [-0.1, -0.05) is 12.1 Å². The first-order valence-corrected chi connectivity index (χ1v) is 12.1. The molecule has 0 saturated carbocycles. The van der Waals surface area contributed by atoms with E-state index in [0.717, 1.165) is 34.1 Å². The summed E-state index contributed by atoms with van der Waals surface area (Å²) in [6.07, 6.45) is 6.16. The number of hydrogen-bond acceptors (Lipinski definition) is 5. The highest BCUT2D eigenvalue weighted by molar-refractivity contribution is 7.90. The predicted molar refractivity (Wildman–Crippen MR) is 117 cm³/mol. The Hall–Kier alpha value is -3.14. The molecule has 0 bridgehead atoms. The fourth-order valence-electron chi connectivity index (χ4n) is 3.80. The minimum absolute atomic E-state index is 0.192. The number of aromatic amines is 1. The molecule has 0 saturated heterocycles. The topological polar surface area (TPSA) is 93.5 Å². The molecule has 1 N–H and O–H groups in total. The number of H-pyrrole nitrogens is 1. The summed E-state index contributed by atoms with van der Waals surface area (Å²) in [5, 5.41) is 5.29. The van der Waals surface area contributed by atoms with Crippen molar-refractivity contribution in [2.24, 2.45) is 0 Å². The zero-order valence-corrected chi connectivity index (χ0v) is 18.3. The Morgan fingerprint density at radius 1 is 1.12 bits per heavy atom. The lowest BCUT2D eigenvalue weighted by molar-refractivity contribution is 0.131. The van der Waals surface area contributed by atoms with E-state index in [0.29, 0.717) is 13.0 Å². The second-order valence-electron chi connectivity index (χ2n) is 7.75. The Kier molecular flexibility index (Phi) is 6.31. The molecule has 0 amide bonds. The molecule has 1 aromatic carbocycles. The standard InChI is InChI=1S/C22H23F2N5O2S/c1-32(30,31)18-4-2-3-16(11-18)15(5-6-20(23)24)8-10-29-13-17(12-28-29)21-19-7-9-25-22(19)27-14-26-21/h2-4,7,9,11-15,20H,5-6,8,10H2,1H3,(H,25,26,27). The van der Waals surface area contributed by atoms with Crippen LogP contribution in [0.4, 0.5) is 8.78 Å². The average molecular weight is 460 g/mol. The Labute approximate surface area is 184 Å². The molecule has 0 aliphatic heterocycles. The van der Waals surface area contributed by atoms with Gasteiger partial charge < -0.3 is 4.98 Å². The zero-order valence-electron chi connectivity index (χ0n) is 17.4. The maximum absolute atomic E-state index is 12.9. The molecule has 3 heterocycles. The van der Waals surface area contributed by atoms with Crippen LogP contribution in [0.25, 0.3) is 22.3 Å². The first-order valence-electron chi connectivity index (χ1n) is 10.2. The van der Waals surface area contributed by atoms with Gasteiger partial charge in [0.25, 0.3) is 0 Å². The molecule has 1 unspecified atom stereocenters. The molecular weight excluding hydrogens is 436 g/mol. The number of benzene rings is 1. The number of sulfone groups is 1. The highest BCUT2D eigenvalue weighted by Gasteiger charge is 2.18. The SMILES string of the molecule is CS(=O)(=O)c1cccc(C(CCC(F)F)CCn2cc(-c3ncnc4[nH]ccc34)cn2)c1. The van der Waals surface area contributed by atoms with Crippen LogP contribution in [-0.2, 0) is 16.4 Å². The second kappa shape index (κ2) is 9.15. The van der Waals surface area contributed by atoms with Gasteiger partial charge in [-0.2, -0.15) is 5.10 Å². The number of aryl methyl sites for hydroxylation is 1. The smallest absolute Gasteiger partial charge is 0.238 e. The van der Waals surface area contributed by atoms with Crippen LogP contribution >= 0.6 is 0 Å². The van der Waals surface area contributed by atoms with Crippen molar-refractivity contribution in [3.63, 3.8) is 0 Å². The highest BCUT2D eigenvalue weighted by atomic mass is 32.2. The number of nitrogens with one attached hydrogen (secondary N) is 1. The molecule has 32 heavy (non-hydrogen) atoms. The number of aromatic nitrogens is 5. The summed E-state index contributed by atoms with van der Waals surface area (Å²) in [6, 6.07) is 8.46. The van der Waals surface area contributed by atoms with Crippen LogP contribution in [0.1, 0.15) is 30.7 Å². The number of halogens is 2. The largest absolute Gasteiger partial charge is 0.346 e. The molecule has 3 aromatic heterocycles. The van der Waals surface area contributed by atoms with Crippen molar-refractivity contribution >= 4 is 20.9 Å². The van der Waals surface area contributed by atoms with E-state index in [-0.39, 0.29) is 23.7 Å². The van der Waals surface area contributed by atoms with Gasteiger partial charge in [0.2, 0.25) is 6.43 Å². The summed E-state index contributed by atoms with van der Waals surface area (Å²) < 4.78 is 51.4. The Bertz CT molecular complexity index is 1320. The number of nitrogens with zero attached hydrogens (tertiary/aromatic N) is 4. The molecule has 1 atom stereocenters. The van der Waals surface area contributed by atoms with Gasteiger partial charge in [-0.15, -0.1) is 0 Å². The lowest BCUT2D eigenvalue weighted by Crippen LogP contribution is -2.09. The van der Waals surface area contributed by atoms with Crippen LogP contribution in [0.15, 0.2) is 60.1 Å². The van der Waals surface area contributed by atoms with Crippen molar-refractivity contribution in [1.29, 1.82) is 0 Å². The molecule has 0 fully saturated rings. The van der Waals surface area contributed by atoms with Crippen molar-refractivity contribution in [3.05, 3.63) is 60.8 Å². The van der Waals surface area contributed by atoms with Crippen molar-refractivity contribution in [2.45, 2.75) is 43.0 Å². The van der Waals surface area contributed by atoms with Crippen molar-refractivity contribution in [1.82, 2.24) is 24.7 Å². The number of hydrogen-bond donors (Lipinski definition) is 1. The van der Waals surface area contributed by atoms with Gasteiger partial charge in [0.1, 0.15) is 12.0 Å². The minimum Gasteiger partial charge on any atom is -0.346 e. The first-order chi connectivity index (χ1) is 15.3. The third kappa shape index (κ3) is 5.01. The summed E-state index contributed by atoms with van der Waals surface area (Å²) in [5.41, 5.74) is 3.07. The van der Waals surface area contributed by atoms with Crippen LogP contribution in [0.5, 0.6) is 0 Å². The maximum atomic E-state index is 12.9. The van der Waals surface area contributed by atoms with E-state index in [9.17, 15) is 17.2 Å². The van der Waals surface area contributed by atoms with Gasteiger partial charge in [0.15, 0.2) is 9.84 Å². The molecular formula is C22H23F2N5O2S. The van der Waals surface area contributed by atoms with E-state index in [1.807, 2.05) is 12.3 Å². The van der Waals surface area contributed by atoms with Crippen LogP contribution < -0.4 is 0 Å². The van der Waals surface area contributed by atoms with Crippen LogP contribution in [0.2, 0.25) is 0 Å². The summed E-state index contributed by atoms with van der Waals surface area (Å²) in [7, 11) is -3.38. The molecule has 4 rings (SSSR count). The van der Waals surface area contributed by atoms with Crippen LogP contribution in [-0.4, -0.2) is 45.8 Å². The van der Waals surface area contributed by atoms with Crippen LogP contribution in [0, 0.1) is 0 Å². The molecule has 0 spiro atoms. The third-order valence-corrected chi connectivity index (χ3v) is 6.57. The predicted octanol–water partition coefficient (Wildman–Crippen LogP) is 4.44. The Morgan fingerprint density at radius 3 is 2.75 bits per heavy atom. The van der Waals surface area contributed by atoms with E-state index in [4.69, 9.17) is 0 Å². The fourth-order valence-corrected chi connectivity index (χ4v) is 4.48. The molecule has 7 nitrogen and oxygen atoms in total. The third-order valence-electron chi connectivity index (χ3n) is 5.46. The average Bonchev–Trinajstić information content (AvgIpc) is 3.42. The van der Waals surface area contributed by atoms with Gasteiger partial charge in [0.05, 0.1) is 16.8 Å². The lowest BCUT2D eigenvalue weighted by atomic mass is 9.91. The quantitative estimate of drug-likeness (QED) is 0.399. The molecule has 0 aliphatic carbocycles. The van der Waals surface area contributed by atoms with Gasteiger partial charge in [-0.05, 0) is 42.5 Å².